The van der Waals surface area contributed by atoms with E-state index in [1.165, 1.54) is 23.7 Å². The summed E-state index contributed by atoms with van der Waals surface area (Å²) in [6, 6.07) is 5.43. The zero-order valence-electron chi connectivity index (χ0n) is 18.0. The molecule has 32 heavy (non-hydrogen) atoms. The van der Waals surface area contributed by atoms with E-state index in [1.54, 1.807) is 12.1 Å². The van der Waals surface area contributed by atoms with Gasteiger partial charge in [-0.2, -0.15) is 0 Å². The summed E-state index contributed by atoms with van der Waals surface area (Å²) in [5, 5.41) is 9.59. The van der Waals surface area contributed by atoms with Crippen molar-refractivity contribution in [3.05, 3.63) is 28.8 Å². The van der Waals surface area contributed by atoms with Crippen LogP contribution in [0, 0.1) is 23.7 Å². The van der Waals surface area contributed by atoms with E-state index in [0.717, 1.165) is 16.5 Å². The molecule has 1 aromatic heterocycles. The number of hydrogen-bond acceptors (Lipinski definition) is 7. The average Bonchev–Trinajstić information content (AvgIpc) is 3.30. The molecule has 0 bridgehead atoms. The van der Waals surface area contributed by atoms with Crippen LogP contribution < -0.4 is 5.48 Å². The first-order valence-corrected chi connectivity index (χ1v) is 12.6. The molecule has 10 heteroatoms. The first-order chi connectivity index (χ1) is 15.0. The highest BCUT2D eigenvalue weighted by Gasteiger charge is 2.43. The Labute approximate surface area is 190 Å². The molecular weight excluding hydrogens is 453 g/mol. The van der Waals surface area contributed by atoms with Crippen LogP contribution in [0.5, 0.6) is 0 Å². The summed E-state index contributed by atoms with van der Waals surface area (Å²) >= 11 is 1.37. The number of amides is 1. The predicted octanol–water partition coefficient (Wildman–Crippen LogP) is 1.94. The van der Waals surface area contributed by atoms with E-state index in [4.69, 9.17) is 5.21 Å². The van der Waals surface area contributed by atoms with E-state index in [0.29, 0.717) is 23.5 Å². The molecule has 0 spiro atoms. The van der Waals surface area contributed by atoms with Crippen molar-refractivity contribution in [2.24, 2.45) is 0 Å². The topological polar surface area (TPSA) is 99.6 Å². The van der Waals surface area contributed by atoms with Gasteiger partial charge in [-0.1, -0.05) is 5.92 Å². The van der Waals surface area contributed by atoms with Crippen molar-refractivity contribution in [3.8, 4) is 23.7 Å². The van der Waals surface area contributed by atoms with Crippen molar-refractivity contribution in [2.45, 2.75) is 36.6 Å². The fraction of sp³-hybridized carbons (Fsp3) is 0.455. The molecule has 1 aliphatic rings. The number of aryl methyl sites for hydroxylation is 1. The van der Waals surface area contributed by atoms with Crippen LogP contribution in [0.15, 0.2) is 18.2 Å². The van der Waals surface area contributed by atoms with Crippen molar-refractivity contribution in [1.82, 2.24) is 15.4 Å². The zero-order chi connectivity index (χ0) is 23.6. The highest BCUT2D eigenvalue weighted by atomic mass is 32.2. The molecule has 1 aliphatic heterocycles. The Morgan fingerprint density at radius 1 is 1.44 bits per heavy atom. The van der Waals surface area contributed by atoms with Crippen LogP contribution in [0.1, 0.15) is 30.3 Å². The standard InChI is InChI=1S/C22H24FN3O4S2/c1-21(20(27)25-28,32(3,29)30)11-9-19-24-17-8-7-16(14-18(17)31-19)6-4-5-10-22(23)12-13-26(2)15-22/h7-8,14,28H,9,11-13,15H2,1-3H3,(H,25,27). The number of carbonyl (C=O) groups excluding carboxylic acids is 1. The lowest BCUT2D eigenvalue weighted by Gasteiger charge is -2.24. The molecule has 1 fully saturated rings. The summed E-state index contributed by atoms with van der Waals surface area (Å²) in [5.74, 6) is 9.87. The van der Waals surface area contributed by atoms with Crippen LogP contribution in [0.2, 0.25) is 0 Å². The maximum atomic E-state index is 14.4. The summed E-state index contributed by atoms with van der Waals surface area (Å²) in [7, 11) is -1.91. The minimum absolute atomic E-state index is 0.0273. The van der Waals surface area contributed by atoms with E-state index in [1.807, 2.05) is 18.0 Å². The molecule has 2 heterocycles. The van der Waals surface area contributed by atoms with Crippen LogP contribution in [0.4, 0.5) is 4.39 Å². The van der Waals surface area contributed by atoms with Gasteiger partial charge in [-0.25, -0.2) is 23.3 Å². The van der Waals surface area contributed by atoms with Gasteiger partial charge in [0.25, 0.3) is 5.91 Å². The molecule has 1 amide bonds. The number of nitrogens with one attached hydrogen (secondary N) is 1. The number of hydrogen-bond donors (Lipinski definition) is 2. The van der Waals surface area contributed by atoms with Gasteiger partial charge in [-0.3, -0.25) is 10.0 Å². The lowest BCUT2D eigenvalue weighted by molar-refractivity contribution is -0.131. The first-order valence-electron chi connectivity index (χ1n) is 9.90. The molecule has 0 aliphatic carbocycles. The van der Waals surface area contributed by atoms with Crippen LogP contribution in [-0.4, -0.2) is 66.2 Å². The summed E-state index contributed by atoms with van der Waals surface area (Å²) in [5.41, 5.74) is 1.37. The third kappa shape index (κ3) is 5.28. The van der Waals surface area contributed by atoms with Crippen molar-refractivity contribution < 1.29 is 22.8 Å². The maximum Gasteiger partial charge on any atom is 0.264 e. The van der Waals surface area contributed by atoms with Gasteiger partial charge in [0.1, 0.15) is 4.75 Å². The second kappa shape index (κ2) is 9.16. The highest BCUT2D eigenvalue weighted by Crippen LogP contribution is 2.28. The summed E-state index contributed by atoms with van der Waals surface area (Å²) in [4.78, 5) is 18.3. The number of hydroxylamine groups is 1. The molecule has 2 N–H and O–H groups in total. The Balaban J connectivity index is 1.74. The number of thiazole rings is 1. The first kappa shape index (κ1) is 24.1. The van der Waals surface area contributed by atoms with Gasteiger partial charge in [-0.05, 0) is 56.4 Å². The predicted molar refractivity (Wildman–Crippen MR) is 122 cm³/mol. The Hall–Kier alpha value is -2.50. The Kier molecular flexibility index (Phi) is 6.91. The van der Waals surface area contributed by atoms with E-state index < -0.39 is 26.2 Å². The van der Waals surface area contributed by atoms with E-state index in [9.17, 15) is 17.6 Å². The lowest BCUT2D eigenvalue weighted by Crippen LogP contribution is -2.49. The third-order valence-corrected chi connectivity index (χ3v) is 8.72. The second-order valence-corrected chi connectivity index (χ2v) is 11.7. The van der Waals surface area contributed by atoms with Gasteiger partial charge in [0, 0.05) is 37.8 Å². The number of benzene rings is 1. The number of likely N-dealkylation sites (tertiary alicyclic amines) is 1. The lowest BCUT2D eigenvalue weighted by atomic mass is 10.0. The monoisotopic (exact) mass is 477 g/mol. The highest BCUT2D eigenvalue weighted by molar-refractivity contribution is 7.92. The fourth-order valence-corrected chi connectivity index (χ4v) is 5.25. The van der Waals surface area contributed by atoms with E-state index >= 15 is 0 Å². The van der Waals surface area contributed by atoms with Crippen molar-refractivity contribution >= 4 is 37.3 Å². The minimum Gasteiger partial charge on any atom is -0.302 e. The van der Waals surface area contributed by atoms with Gasteiger partial charge in [0.2, 0.25) is 0 Å². The van der Waals surface area contributed by atoms with Gasteiger partial charge in [-0.15, -0.1) is 11.3 Å². The quantitative estimate of drug-likeness (QED) is 0.388. The molecule has 2 unspecified atom stereocenters. The Bertz CT molecular complexity index is 1270. The second-order valence-electron chi connectivity index (χ2n) is 8.19. The number of alkyl halides is 1. The van der Waals surface area contributed by atoms with Crippen LogP contribution >= 0.6 is 11.3 Å². The normalized spacial score (nSPS) is 20.7. The zero-order valence-corrected chi connectivity index (χ0v) is 19.7. The van der Waals surface area contributed by atoms with Crippen LogP contribution in [0.3, 0.4) is 0 Å². The number of nitrogens with zero attached hydrogens (tertiary/aromatic N) is 2. The summed E-state index contributed by atoms with van der Waals surface area (Å²) < 4.78 is 37.7. The summed E-state index contributed by atoms with van der Waals surface area (Å²) in [6.07, 6.45) is 1.56. The molecule has 7 nitrogen and oxygen atoms in total. The van der Waals surface area contributed by atoms with Crippen molar-refractivity contribution in [3.63, 3.8) is 0 Å². The number of sulfone groups is 1. The molecule has 3 rings (SSSR count). The number of fused-ring (bicyclic) bond motifs is 1. The van der Waals surface area contributed by atoms with Gasteiger partial charge < -0.3 is 4.90 Å². The van der Waals surface area contributed by atoms with Crippen LogP contribution in [0.25, 0.3) is 10.2 Å². The molecule has 2 aromatic rings. The molecular formula is C22H24FN3O4S2. The molecule has 0 radical (unpaired) electrons. The number of halogens is 1. The largest absolute Gasteiger partial charge is 0.302 e. The average molecular weight is 478 g/mol. The molecule has 170 valence electrons. The smallest absolute Gasteiger partial charge is 0.264 e. The number of carbonyl (C=O) groups is 1. The Morgan fingerprint density at radius 3 is 2.81 bits per heavy atom. The summed E-state index contributed by atoms with van der Waals surface area (Å²) in [6.45, 7) is 2.24. The Morgan fingerprint density at radius 2 is 2.19 bits per heavy atom. The SMILES string of the molecule is CN1CCC(F)(C#CC#Cc2ccc3nc(CCC(C)(C(=O)NO)S(C)(=O)=O)sc3c2)C1. The molecule has 2 atom stereocenters. The molecule has 1 saturated heterocycles. The fourth-order valence-electron chi connectivity index (χ4n) is 3.39. The van der Waals surface area contributed by atoms with Crippen molar-refractivity contribution in [1.29, 1.82) is 0 Å². The van der Waals surface area contributed by atoms with Crippen molar-refractivity contribution in [2.75, 3.05) is 26.4 Å². The van der Waals surface area contributed by atoms with Gasteiger partial charge >= 0.3 is 0 Å². The van der Waals surface area contributed by atoms with Gasteiger partial charge in [0.05, 0.1) is 15.2 Å². The van der Waals surface area contributed by atoms with Gasteiger partial charge in [0.15, 0.2) is 15.5 Å². The minimum atomic E-state index is -3.76. The maximum absolute atomic E-state index is 14.4. The number of aromatic nitrogens is 1. The van der Waals surface area contributed by atoms with Crippen LogP contribution in [-0.2, 0) is 21.1 Å². The number of rotatable bonds is 5. The van der Waals surface area contributed by atoms with E-state index in [-0.39, 0.29) is 19.4 Å². The third-order valence-electron chi connectivity index (χ3n) is 5.62. The van der Waals surface area contributed by atoms with E-state index in [2.05, 4.69) is 28.7 Å². The molecule has 0 saturated carbocycles. The molecule has 1 aromatic carbocycles.